The molecule has 49 heavy (non-hydrogen) atoms. The number of hydrogen-bond acceptors (Lipinski definition) is 8. The first-order valence-corrected chi connectivity index (χ1v) is 22.4. The van der Waals surface area contributed by atoms with Crippen LogP contribution in [0.3, 0.4) is 0 Å². The maximum atomic E-state index is 10.2. The average molecular weight is 808 g/mol. The van der Waals surface area contributed by atoms with Crippen LogP contribution in [0.25, 0.3) is 0 Å². The van der Waals surface area contributed by atoms with Crippen molar-refractivity contribution in [3.05, 3.63) is 0 Å². The molecule has 0 unspecified atom stereocenters. The van der Waals surface area contributed by atoms with Gasteiger partial charge in [-0.25, -0.2) is 0 Å². The Bertz CT molecular complexity index is 631. The van der Waals surface area contributed by atoms with Gasteiger partial charge in [-0.05, 0) is 12.8 Å². The summed E-state index contributed by atoms with van der Waals surface area (Å²) < 4.78 is 28.9. The molecule has 0 spiro atoms. The van der Waals surface area contributed by atoms with Crippen LogP contribution in [0.2, 0.25) is 0 Å². The third kappa shape index (κ3) is 66.1. The molecule has 0 aliphatic rings. The number of unbranched alkanes of at least 4 members (excludes halogenated alkanes) is 30. The zero-order chi connectivity index (χ0) is 34.5. The number of phosphoric ester groups is 2. The van der Waals surface area contributed by atoms with Crippen LogP contribution in [-0.2, 0) is 37.7 Å². The monoisotopic (exact) mass is 806 g/mol. The Morgan fingerprint density at radius 2 is 0.469 bits per heavy atom. The van der Waals surface area contributed by atoms with E-state index in [-0.39, 0.29) is 91.8 Å². The minimum absolute atomic E-state index is 0. The first kappa shape index (κ1) is 61.1. The van der Waals surface area contributed by atoms with Crippen LogP contribution in [0.4, 0.5) is 0 Å². The second kappa shape index (κ2) is 48.9. The van der Waals surface area contributed by atoms with Crippen LogP contribution >= 0.6 is 15.6 Å². The molecule has 0 rings (SSSR count). The van der Waals surface area contributed by atoms with E-state index in [4.69, 9.17) is 0 Å². The summed E-state index contributed by atoms with van der Waals surface area (Å²) in [5.41, 5.74) is 0. The Kier molecular flexibility index (Phi) is 60.9. The number of hydrogen-bond donors (Lipinski definition) is 0. The van der Waals surface area contributed by atoms with Crippen molar-refractivity contribution in [3.63, 3.8) is 0 Å². The summed E-state index contributed by atoms with van der Waals surface area (Å²) in [6.07, 6.45) is 40.7. The van der Waals surface area contributed by atoms with E-state index in [1.54, 1.807) is 0 Å². The summed E-state index contributed by atoms with van der Waals surface area (Å²) in [5.74, 6) is 0. The molecular formula is C36H74Na2O8P2Zn. The molecule has 0 fully saturated rings. The van der Waals surface area contributed by atoms with E-state index in [1.807, 2.05) is 0 Å². The molecule has 8 nitrogen and oxygen atoms in total. The summed E-state index contributed by atoms with van der Waals surface area (Å²) in [4.78, 5) is 41.0. The van der Waals surface area contributed by atoms with Gasteiger partial charge >= 0.3 is 78.6 Å². The Morgan fingerprint density at radius 3 is 0.612 bits per heavy atom. The van der Waals surface area contributed by atoms with Gasteiger partial charge in [-0.1, -0.05) is 206 Å². The summed E-state index contributed by atoms with van der Waals surface area (Å²) >= 11 is 0. The minimum Gasteiger partial charge on any atom is -0.790 e. The molecule has 0 aromatic rings. The molecule has 0 amide bonds. The fourth-order valence-electron chi connectivity index (χ4n) is 5.65. The van der Waals surface area contributed by atoms with Gasteiger partial charge in [-0.2, -0.15) is 0 Å². The molecule has 0 saturated heterocycles. The molecule has 280 valence electrons. The van der Waals surface area contributed by atoms with Crippen LogP contribution in [0.15, 0.2) is 0 Å². The van der Waals surface area contributed by atoms with E-state index in [1.165, 1.54) is 167 Å². The van der Waals surface area contributed by atoms with Crippen molar-refractivity contribution in [2.75, 3.05) is 13.2 Å². The quantitative estimate of drug-likeness (QED) is 0.0521. The molecule has 0 N–H and O–H groups in total. The standard InChI is InChI=1S/2C18H39O4P.2Na.Zn/c2*1-2-3-4-5-6-7-8-9-10-11-12-13-14-15-16-17-18-22-23(19,20)21;;;/h2*2-18H2,1H3,(H2,19,20,21);;;/q;;2*+1;+2/p-4. The van der Waals surface area contributed by atoms with Crippen LogP contribution < -0.4 is 78.7 Å². The van der Waals surface area contributed by atoms with E-state index in [0.29, 0.717) is 12.8 Å². The van der Waals surface area contributed by atoms with E-state index >= 15 is 0 Å². The first-order valence-electron chi connectivity index (χ1n) is 19.5. The van der Waals surface area contributed by atoms with Crippen molar-refractivity contribution in [2.45, 2.75) is 219 Å². The molecule has 0 aromatic heterocycles. The van der Waals surface area contributed by atoms with Crippen molar-refractivity contribution in [1.29, 1.82) is 0 Å². The minimum atomic E-state index is -4.76. The first-order chi connectivity index (χ1) is 22.1. The molecule has 0 aliphatic carbocycles. The zero-order valence-corrected chi connectivity index (χ0v) is 41.7. The van der Waals surface area contributed by atoms with Crippen molar-refractivity contribution in [3.8, 4) is 0 Å². The SMILES string of the molecule is CCCCCCCCCCCCCCCCCCOP(=O)([O-])[O-].CCCCCCCCCCCCCCCCCCOP(=O)([O-])[O-].[Na+].[Na+].[Zn+2]. The molecule has 13 heteroatoms. The Hall–Kier alpha value is 2.84. The fraction of sp³-hybridized carbons (Fsp3) is 1.00. The number of phosphoric acid groups is 2. The molecule has 0 saturated carbocycles. The molecule has 0 heterocycles. The van der Waals surface area contributed by atoms with Gasteiger partial charge in [0.15, 0.2) is 0 Å². The average Bonchev–Trinajstić information content (AvgIpc) is 2.99. The maximum absolute atomic E-state index is 10.2. The van der Waals surface area contributed by atoms with E-state index in [2.05, 4.69) is 22.9 Å². The third-order valence-electron chi connectivity index (χ3n) is 8.49. The van der Waals surface area contributed by atoms with Gasteiger partial charge in [0.1, 0.15) is 0 Å². The van der Waals surface area contributed by atoms with Crippen LogP contribution in [-0.4, -0.2) is 13.2 Å². The summed E-state index contributed by atoms with van der Waals surface area (Å²) in [6.45, 7) is 4.61. The third-order valence-corrected chi connectivity index (χ3v) is 9.49. The maximum Gasteiger partial charge on any atom is 2.00 e. The Morgan fingerprint density at radius 1 is 0.327 bits per heavy atom. The molecule has 0 radical (unpaired) electrons. The van der Waals surface area contributed by atoms with Gasteiger partial charge in [-0.15, -0.1) is 0 Å². The molecule has 0 aromatic carbocycles. The van der Waals surface area contributed by atoms with Crippen molar-refractivity contribution in [2.24, 2.45) is 0 Å². The predicted octanol–water partition coefficient (Wildman–Crippen LogP) is 4.19. The van der Waals surface area contributed by atoms with Crippen molar-refractivity contribution >= 4 is 15.6 Å². The van der Waals surface area contributed by atoms with Gasteiger partial charge < -0.3 is 37.8 Å². The summed E-state index contributed by atoms with van der Waals surface area (Å²) in [7, 11) is -9.51. The normalized spacial score (nSPS) is 11.2. The van der Waals surface area contributed by atoms with E-state index < -0.39 is 15.6 Å². The molecule has 0 aliphatic heterocycles. The van der Waals surface area contributed by atoms with Crippen LogP contribution in [0.5, 0.6) is 0 Å². The van der Waals surface area contributed by atoms with Gasteiger partial charge in [-0.3, -0.25) is 0 Å². The van der Waals surface area contributed by atoms with Crippen LogP contribution in [0.1, 0.15) is 219 Å². The smallest absolute Gasteiger partial charge is 0.790 e. The van der Waals surface area contributed by atoms with Gasteiger partial charge in [0.25, 0.3) is 0 Å². The zero-order valence-electron chi connectivity index (χ0n) is 32.9. The number of rotatable bonds is 36. The fourth-order valence-corrected chi connectivity index (χ4v) is 6.36. The Labute approximate surface area is 361 Å². The van der Waals surface area contributed by atoms with Crippen LogP contribution in [0, 0.1) is 0 Å². The second-order valence-electron chi connectivity index (χ2n) is 13.2. The molecule has 0 bridgehead atoms. The van der Waals surface area contributed by atoms with Gasteiger partial charge in [0, 0.05) is 0 Å². The Balaban J connectivity index is -0.000000248. The second-order valence-corrected chi connectivity index (χ2v) is 15.5. The predicted molar refractivity (Wildman–Crippen MR) is 186 cm³/mol. The summed E-state index contributed by atoms with van der Waals surface area (Å²) in [6, 6.07) is 0. The van der Waals surface area contributed by atoms with Gasteiger partial charge in [0.05, 0.1) is 28.9 Å². The molecule has 0 atom stereocenters. The topological polar surface area (TPSA) is 145 Å². The van der Waals surface area contributed by atoms with E-state index in [0.717, 1.165) is 25.7 Å². The summed E-state index contributed by atoms with van der Waals surface area (Å²) in [5, 5.41) is 0. The van der Waals surface area contributed by atoms with Crippen molar-refractivity contribution < 1.29 is 116 Å². The van der Waals surface area contributed by atoms with Gasteiger partial charge in [0.2, 0.25) is 0 Å². The largest absolute Gasteiger partial charge is 2.00 e. The van der Waals surface area contributed by atoms with E-state index in [9.17, 15) is 28.7 Å². The molecular weight excluding hydrogens is 734 g/mol. The van der Waals surface area contributed by atoms with Crippen molar-refractivity contribution in [1.82, 2.24) is 0 Å².